The first-order valence-corrected chi connectivity index (χ1v) is 1.99. The van der Waals surface area contributed by atoms with E-state index in [4.69, 9.17) is 10.2 Å². The second-order valence-corrected chi connectivity index (χ2v) is 1.24. The van der Waals surface area contributed by atoms with Crippen molar-refractivity contribution in [2.45, 2.75) is 0 Å². The number of nitrogens with zero attached hydrogens (tertiary/aromatic N) is 2. The van der Waals surface area contributed by atoms with E-state index in [1.165, 1.54) is 0 Å². The fourth-order valence-corrected chi connectivity index (χ4v) is 0.314. The molecular weight excluding hydrogens is 108 g/mol. The first-order valence-electron chi connectivity index (χ1n) is 1.99. The molecule has 1 aromatic rings. The van der Waals surface area contributed by atoms with E-state index >= 15 is 0 Å². The van der Waals surface area contributed by atoms with Crippen LogP contribution in [0.4, 0.5) is 0 Å². The Morgan fingerprint density at radius 1 is 1.12 bits per heavy atom. The number of rotatable bonds is 0. The van der Waals surface area contributed by atoms with Crippen LogP contribution in [0.25, 0.3) is 0 Å². The summed E-state index contributed by atoms with van der Waals surface area (Å²) in [6.07, 6.45) is 2.23. The first kappa shape index (κ1) is 4.83. The van der Waals surface area contributed by atoms with E-state index in [1.807, 2.05) is 0 Å². The molecule has 0 atom stereocenters. The lowest BCUT2D eigenvalue weighted by Crippen LogP contribution is -1.76. The molecule has 0 aliphatic heterocycles. The molecule has 0 saturated carbocycles. The third-order valence-corrected chi connectivity index (χ3v) is 0.625. The highest BCUT2D eigenvalue weighted by Gasteiger charge is 1.87. The molecule has 0 unspecified atom stereocenters. The minimum atomic E-state index is -0.331. The Labute approximate surface area is 45.5 Å². The predicted octanol–water partition coefficient (Wildman–Crippen LogP) is -0.112. The summed E-state index contributed by atoms with van der Waals surface area (Å²) < 4.78 is 0. The molecule has 0 bridgehead atoms. The number of hydrogen-bond donors (Lipinski definition) is 2. The SMILES string of the molecule is Oc1cnc(O)nc1. The van der Waals surface area contributed by atoms with Crippen LogP contribution in [-0.4, -0.2) is 20.2 Å². The fourth-order valence-electron chi connectivity index (χ4n) is 0.314. The molecule has 1 aromatic heterocycles. The second-order valence-electron chi connectivity index (χ2n) is 1.24. The van der Waals surface area contributed by atoms with Gasteiger partial charge in [-0.15, -0.1) is 0 Å². The van der Waals surface area contributed by atoms with Crippen molar-refractivity contribution in [3.05, 3.63) is 12.4 Å². The standard InChI is InChI=1S/C4H4N2O2/c7-3-1-5-4(8)6-2-3/h1-2,7H,(H,5,6,8). The maximum Gasteiger partial charge on any atom is 0.314 e. The lowest BCUT2D eigenvalue weighted by molar-refractivity contribution is 0.417. The van der Waals surface area contributed by atoms with Gasteiger partial charge in [0.25, 0.3) is 0 Å². The van der Waals surface area contributed by atoms with Crippen LogP contribution in [0, 0.1) is 0 Å². The average Bonchev–Trinajstić information content (AvgIpc) is 1.77. The van der Waals surface area contributed by atoms with E-state index in [0.717, 1.165) is 12.4 Å². The van der Waals surface area contributed by atoms with Crippen LogP contribution >= 0.6 is 0 Å². The smallest absolute Gasteiger partial charge is 0.314 e. The minimum Gasteiger partial charge on any atom is -0.505 e. The summed E-state index contributed by atoms with van der Waals surface area (Å²) in [6.45, 7) is 0. The van der Waals surface area contributed by atoms with Crippen molar-refractivity contribution in [2.24, 2.45) is 0 Å². The highest BCUT2D eigenvalue weighted by atomic mass is 16.3. The van der Waals surface area contributed by atoms with Gasteiger partial charge in [-0.25, -0.2) is 9.97 Å². The molecule has 4 nitrogen and oxygen atoms in total. The van der Waals surface area contributed by atoms with Gasteiger partial charge < -0.3 is 10.2 Å². The van der Waals surface area contributed by atoms with Gasteiger partial charge in [-0.05, 0) is 0 Å². The van der Waals surface area contributed by atoms with Gasteiger partial charge in [0.15, 0.2) is 5.75 Å². The zero-order chi connectivity index (χ0) is 5.98. The molecule has 0 fully saturated rings. The van der Waals surface area contributed by atoms with Gasteiger partial charge in [0.1, 0.15) is 0 Å². The molecule has 42 valence electrons. The molecular formula is C4H4N2O2. The minimum absolute atomic E-state index is 0.0530. The Balaban J connectivity index is 3.03. The molecule has 4 heteroatoms. The van der Waals surface area contributed by atoms with E-state index in [1.54, 1.807) is 0 Å². The van der Waals surface area contributed by atoms with Crippen LogP contribution in [0.2, 0.25) is 0 Å². The summed E-state index contributed by atoms with van der Waals surface area (Å²) in [5.74, 6) is -0.0530. The normalized spacial score (nSPS) is 9.00. The summed E-state index contributed by atoms with van der Waals surface area (Å²) in [7, 11) is 0. The number of hydrogen-bond acceptors (Lipinski definition) is 4. The van der Waals surface area contributed by atoms with Crippen molar-refractivity contribution in [2.75, 3.05) is 0 Å². The molecule has 0 aliphatic rings. The largest absolute Gasteiger partial charge is 0.505 e. The van der Waals surface area contributed by atoms with Crippen LogP contribution < -0.4 is 0 Å². The molecule has 0 saturated heterocycles. The Bertz CT molecular complexity index is 151. The Kier molecular flexibility index (Phi) is 0.997. The summed E-state index contributed by atoms with van der Waals surface area (Å²) in [4.78, 5) is 6.55. The van der Waals surface area contributed by atoms with Crippen molar-refractivity contribution in [3.8, 4) is 11.8 Å². The summed E-state index contributed by atoms with van der Waals surface area (Å²) >= 11 is 0. The van der Waals surface area contributed by atoms with E-state index in [2.05, 4.69) is 9.97 Å². The topological polar surface area (TPSA) is 66.2 Å². The van der Waals surface area contributed by atoms with E-state index in [-0.39, 0.29) is 11.8 Å². The Hall–Kier alpha value is -1.32. The molecule has 0 aromatic carbocycles. The zero-order valence-electron chi connectivity index (χ0n) is 3.94. The monoisotopic (exact) mass is 112 g/mol. The van der Waals surface area contributed by atoms with Crippen LogP contribution in [0.1, 0.15) is 0 Å². The van der Waals surface area contributed by atoms with Crippen molar-refractivity contribution in [3.63, 3.8) is 0 Å². The van der Waals surface area contributed by atoms with Gasteiger partial charge in [-0.2, -0.15) is 0 Å². The highest BCUT2D eigenvalue weighted by molar-refractivity contribution is 5.10. The van der Waals surface area contributed by atoms with Crippen LogP contribution in [0.15, 0.2) is 12.4 Å². The zero-order valence-corrected chi connectivity index (χ0v) is 3.94. The third kappa shape index (κ3) is 0.841. The van der Waals surface area contributed by atoms with Crippen LogP contribution in [-0.2, 0) is 0 Å². The van der Waals surface area contributed by atoms with Gasteiger partial charge in [-0.3, -0.25) is 0 Å². The Morgan fingerprint density at radius 2 is 1.62 bits per heavy atom. The third-order valence-electron chi connectivity index (χ3n) is 0.625. The maximum absolute atomic E-state index is 8.52. The second kappa shape index (κ2) is 1.65. The molecule has 0 aliphatic carbocycles. The highest BCUT2D eigenvalue weighted by Crippen LogP contribution is 2.03. The maximum atomic E-state index is 8.52. The van der Waals surface area contributed by atoms with Crippen LogP contribution in [0.5, 0.6) is 11.8 Å². The van der Waals surface area contributed by atoms with Gasteiger partial charge in [0.05, 0.1) is 12.4 Å². The average molecular weight is 112 g/mol. The molecule has 1 rings (SSSR count). The van der Waals surface area contributed by atoms with Crippen molar-refractivity contribution >= 4 is 0 Å². The first-order chi connectivity index (χ1) is 3.79. The summed E-state index contributed by atoms with van der Waals surface area (Å²) in [5, 5.41) is 16.9. The lowest BCUT2D eigenvalue weighted by Gasteiger charge is -1.86. The molecule has 0 amide bonds. The summed E-state index contributed by atoms with van der Waals surface area (Å²) in [6, 6.07) is -0.331. The van der Waals surface area contributed by atoms with Crippen molar-refractivity contribution in [1.29, 1.82) is 0 Å². The molecule has 0 radical (unpaired) electrons. The van der Waals surface area contributed by atoms with Crippen LogP contribution in [0.3, 0.4) is 0 Å². The number of aromatic nitrogens is 2. The molecule has 2 N–H and O–H groups in total. The predicted molar refractivity (Wildman–Crippen MR) is 25.4 cm³/mol. The van der Waals surface area contributed by atoms with E-state index < -0.39 is 0 Å². The Morgan fingerprint density at radius 3 is 2.00 bits per heavy atom. The quantitative estimate of drug-likeness (QED) is 0.491. The lowest BCUT2D eigenvalue weighted by atomic mass is 10.6. The van der Waals surface area contributed by atoms with Crippen molar-refractivity contribution < 1.29 is 10.2 Å². The fraction of sp³-hybridized carbons (Fsp3) is 0. The van der Waals surface area contributed by atoms with Gasteiger partial charge in [0, 0.05) is 0 Å². The van der Waals surface area contributed by atoms with Gasteiger partial charge in [0.2, 0.25) is 0 Å². The van der Waals surface area contributed by atoms with E-state index in [9.17, 15) is 0 Å². The van der Waals surface area contributed by atoms with Gasteiger partial charge in [-0.1, -0.05) is 0 Å². The summed E-state index contributed by atoms with van der Waals surface area (Å²) in [5.41, 5.74) is 0. The number of aromatic hydroxyl groups is 2. The molecule has 8 heavy (non-hydrogen) atoms. The molecule has 1 heterocycles. The van der Waals surface area contributed by atoms with Crippen molar-refractivity contribution in [1.82, 2.24) is 9.97 Å². The van der Waals surface area contributed by atoms with E-state index in [0.29, 0.717) is 0 Å². The van der Waals surface area contributed by atoms with Gasteiger partial charge >= 0.3 is 6.01 Å². The molecule has 0 spiro atoms.